The van der Waals surface area contributed by atoms with Crippen LogP contribution in [-0.4, -0.2) is 23.7 Å². The van der Waals surface area contributed by atoms with Crippen LogP contribution >= 0.6 is 0 Å². The second kappa shape index (κ2) is 3.98. The van der Waals surface area contributed by atoms with Gasteiger partial charge in [0.15, 0.2) is 0 Å². The molecule has 1 fully saturated rings. The molecule has 0 aromatic heterocycles. The molecule has 1 aliphatic rings. The highest BCUT2D eigenvalue weighted by Gasteiger charge is 2.29. The van der Waals surface area contributed by atoms with Gasteiger partial charge < -0.3 is 10.4 Å². The fourth-order valence-electron chi connectivity index (χ4n) is 1.91. The number of hydrogen-bond acceptors (Lipinski definition) is 2. The minimum absolute atomic E-state index is 0.173. The van der Waals surface area contributed by atoms with Gasteiger partial charge in [0, 0.05) is 6.54 Å². The summed E-state index contributed by atoms with van der Waals surface area (Å²) in [6.45, 7) is 0.641. The Labute approximate surface area is 86.9 Å². The Kier molecular flexibility index (Phi) is 2.68. The van der Waals surface area contributed by atoms with Gasteiger partial charge in [0.25, 0.3) is 0 Å². The van der Waals surface area contributed by atoms with Crippen LogP contribution in [0.5, 0.6) is 0 Å². The molecule has 1 aliphatic heterocycles. The van der Waals surface area contributed by atoms with Crippen LogP contribution in [0.25, 0.3) is 0 Å². The summed E-state index contributed by atoms with van der Waals surface area (Å²) in [6.07, 6.45) is 0.570. The van der Waals surface area contributed by atoms with Crippen LogP contribution < -0.4 is 5.32 Å². The third kappa shape index (κ3) is 2.15. The number of carboxylic acid groups (broad SMARTS) is 1. The SMILES string of the molecule is O=C(O)[C@H]1C[C@@H](c2ccc(F)cc2)CN1. The summed E-state index contributed by atoms with van der Waals surface area (Å²) >= 11 is 0. The molecule has 2 rings (SSSR count). The zero-order valence-corrected chi connectivity index (χ0v) is 8.11. The normalized spacial score (nSPS) is 25.4. The molecule has 1 heterocycles. The molecule has 1 aromatic rings. The van der Waals surface area contributed by atoms with Gasteiger partial charge in [-0.2, -0.15) is 0 Å². The van der Waals surface area contributed by atoms with Gasteiger partial charge in [0.05, 0.1) is 0 Å². The van der Waals surface area contributed by atoms with E-state index in [1.54, 1.807) is 12.1 Å². The van der Waals surface area contributed by atoms with Crippen LogP contribution in [-0.2, 0) is 4.79 Å². The van der Waals surface area contributed by atoms with Gasteiger partial charge in [0.2, 0.25) is 0 Å². The lowest BCUT2D eigenvalue weighted by molar-refractivity contribution is -0.139. The lowest BCUT2D eigenvalue weighted by atomic mass is 9.96. The molecular formula is C11H12FNO2. The number of rotatable bonds is 2. The highest BCUT2D eigenvalue weighted by Crippen LogP contribution is 2.25. The summed E-state index contributed by atoms with van der Waals surface area (Å²) < 4.78 is 12.7. The van der Waals surface area contributed by atoms with Gasteiger partial charge in [-0.25, -0.2) is 4.39 Å². The van der Waals surface area contributed by atoms with E-state index in [-0.39, 0.29) is 11.7 Å². The minimum Gasteiger partial charge on any atom is -0.480 e. The fraction of sp³-hybridized carbons (Fsp3) is 0.364. The molecule has 0 unspecified atom stereocenters. The highest BCUT2D eigenvalue weighted by atomic mass is 19.1. The number of aliphatic carboxylic acids is 1. The number of hydrogen-bond donors (Lipinski definition) is 2. The number of benzene rings is 1. The van der Waals surface area contributed by atoms with E-state index in [9.17, 15) is 9.18 Å². The molecule has 4 heteroatoms. The molecule has 0 amide bonds. The molecule has 15 heavy (non-hydrogen) atoms. The summed E-state index contributed by atoms with van der Waals surface area (Å²) in [7, 11) is 0. The lowest BCUT2D eigenvalue weighted by Crippen LogP contribution is -2.29. The first-order valence-corrected chi connectivity index (χ1v) is 4.88. The van der Waals surface area contributed by atoms with Crippen molar-refractivity contribution >= 4 is 5.97 Å². The molecule has 0 radical (unpaired) electrons. The Hall–Kier alpha value is -1.42. The maximum absolute atomic E-state index is 12.7. The van der Waals surface area contributed by atoms with Crippen molar-refractivity contribution in [1.82, 2.24) is 5.32 Å². The predicted molar refractivity (Wildman–Crippen MR) is 53.2 cm³/mol. The standard InChI is InChI=1S/C11H12FNO2/c12-9-3-1-7(2-4-9)8-5-10(11(14)15)13-6-8/h1-4,8,10,13H,5-6H2,(H,14,15)/t8-,10-/m1/s1. The topological polar surface area (TPSA) is 49.3 Å². The van der Waals surface area contributed by atoms with Crippen molar-refractivity contribution in [2.24, 2.45) is 0 Å². The molecule has 0 saturated carbocycles. The first-order chi connectivity index (χ1) is 7.16. The maximum Gasteiger partial charge on any atom is 0.320 e. The smallest absolute Gasteiger partial charge is 0.320 e. The van der Waals surface area contributed by atoms with E-state index >= 15 is 0 Å². The van der Waals surface area contributed by atoms with Crippen molar-refractivity contribution in [2.75, 3.05) is 6.54 Å². The van der Waals surface area contributed by atoms with Crippen molar-refractivity contribution < 1.29 is 14.3 Å². The van der Waals surface area contributed by atoms with Gasteiger partial charge in [-0.1, -0.05) is 12.1 Å². The lowest BCUT2D eigenvalue weighted by Gasteiger charge is -2.08. The highest BCUT2D eigenvalue weighted by molar-refractivity contribution is 5.74. The van der Waals surface area contributed by atoms with Crippen molar-refractivity contribution in [3.8, 4) is 0 Å². The monoisotopic (exact) mass is 209 g/mol. The molecule has 2 N–H and O–H groups in total. The van der Waals surface area contributed by atoms with Gasteiger partial charge in [-0.15, -0.1) is 0 Å². The van der Waals surface area contributed by atoms with Crippen molar-refractivity contribution in [3.63, 3.8) is 0 Å². The maximum atomic E-state index is 12.7. The first-order valence-electron chi connectivity index (χ1n) is 4.88. The largest absolute Gasteiger partial charge is 0.480 e. The van der Waals surface area contributed by atoms with Crippen LogP contribution in [0.4, 0.5) is 4.39 Å². The molecule has 80 valence electrons. The second-order valence-corrected chi connectivity index (χ2v) is 3.78. The molecule has 1 saturated heterocycles. The van der Waals surface area contributed by atoms with Gasteiger partial charge in [0.1, 0.15) is 11.9 Å². The van der Waals surface area contributed by atoms with E-state index in [0.717, 1.165) is 5.56 Å². The van der Waals surface area contributed by atoms with Crippen LogP contribution in [0.3, 0.4) is 0 Å². The van der Waals surface area contributed by atoms with E-state index in [1.165, 1.54) is 12.1 Å². The van der Waals surface area contributed by atoms with Crippen LogP contribution in [0.2, 0.25) is 0 Å². The van der Waals surface area contributed by atoms with E-state index in [0.29, 0.717) is 13.0 Å². The molecule has 0 aliphatic carbocycles. The molecule has 2 atom stereocenters. The Morgan fingerprint density at radius 2 is 2.07 bits per heavy atom. The van der Waals surface area contributed by atoms with Gasteiger partial charge >= 0.3 is 5.97 Å². The van der Waals surface area contributed by atoms with E-state index in [2.05, 4.69) is 5.32 Å². The third-order valence-electron chi connectivity index (χ3n) is 2.77. The zero-order valence-electron chi connectivity index (χ0n) is 8.11. The molecular weight excluding hydrogens is 197 g/mol. The predicted octanol–water partition coefficient (Wildman–Crippen LogP) is 1.36. The van der Waals surface area contributed by atoms with Crippen molar-refractivity contribution in [3.05, 3.63) is 35.6 Å². The van der Waals surface area contributed by atoms with Crippen LogP contribution in [0.15, 0.2) is 24.3 Å². The minimum atomic E-state index is -0.820. The molecule has 3 nitrogen and oxygen atoms in total. The summed E-state index contributed by atoms with van der Waals surface area (Å²) in [5, 5.41) is 11.7. The summed E-state index contributed by atoms with van der Waals surface area (Å²) in [5.41, 5.74) is 0.993. The Bertz CT molecular complexity index is 363. The Balaban J connectivity index is 2.07. The summed E-state index contributed by atoms with van der Waals surface area (Å²) in [6, 6.07) is 5.77. The number of carbonyl (C=O) groups is 1. The van der Waals surface area contributed by atoms with Crippen molar-refractivity contribution in [2.45, 2.75) is 18.4 Å². The van der Waals surface area contributed by atoms with Crippen LogP contribution in [0, 0.1) is 5.82 Å². The van der Waals surface area contributed by atoms with Gasteiger partial charge in [-0.05, 0) is 30.0 Å². The van der Waals surface area contributed by atoms with E-state index in [1.807, 2.05) is 0 Å². The summed E-state index contributed by atoms with van der Waals surface area (Å²) in [5.74, 6) is -0.911. The average molecular weight is 209 g/mol. The Morgan fingerprint density at radius 1 is 1.40 bits per heavy atom. The fourth-order valence-corrected chi connectivity index (χ4v) is 1.91. The molecule has 0 bridgehead atoms. The third-order valence-corrected chi connectivity index (χ3v) is 2.77. The van der Waals surface area contributed by atoms with E-state index in [4.69, 9.17) is 5.11 Å². The second-order valence-electron chi connectivity index (χ2n) is 3.78. The summed E-state index contributed by atoms with van der Waals surface area (Å²) in [4.78, 5) is 10.7. The Morgan fingerprint density at radius 3 is 2.60 bits per heavy atom. The van der Waals surface area contributed by atoms with Crippen LogP contribution in [0.1, 0.15) is 17.9 Å². The van der Waals surface area contributed by atoms with E-state index < -0.39 is 12.0 Å². The van der Waals surface area contributed by atoms with Gasteiger partial charge in [-0.3, -0.25) is 4.79 Å². The zero-order chi connectivity index (χ0) is 10.8. The number of carboxylic acids is 1. The number of nitrogens with one attached hydrogen (secondary N) is 1. The molecule has 1 aromatic carbocycles. The first kappa shape index (κ1) is 10.1. The van der Waals surface area contributed by atoms with Crippen molar-refractivity contribution in [1.29, 1.82) is 0 Å². The molecule has 0 spiro atoms. The number of halogens is 1. The quantitative estimate of drug-likeness (QED) is 0.773. The average Bonchev–Trinajstić information content (AvgIpc) is 2.68.